The summed E-state index contributed by atoms with van der Waals surface area (Å²) in [4.78, 5) is 39.4. The number of carbonyl (C=O) groups is 2. The van der Waals surface area contributed by atoms with E-state index in [9.17, 15) is 9.59 Å². The molecule has 2 aromatic rings. The molecule has 2 aliphatic rings. The number of hydrogen-bond acceptors (Lipinski definition) is 6. The molecule has 0 radical (unpaired) electrons. The number of amides is 2. The molecule has 26 heavy (non-hydrogen) atoms. The van der Waals surface area contributed by atoms with E-state index in [0.717, 1.165) is 23.8 Å². The summed E-state index contributed by atoms with van der Waals surface area (Å²) in [7, 11) is 0. The average molecular weight is 371 g/mol. The lowest BCUT2D eigenvalue weighted by atomic mass is 10.1. The summed E-state index contributed by atoms with van der Waals surface area (Å²) in [6, 6.07) is 3.81. The second-order valence-corrected chi connectivity index (χ2v) is 7.54. The van der Waals surface area contributed by atoms with E-state index in [-0.39, 0.29) is 17.7 Å². The molecular weight excluding hydrogens is 350 g/mol. The Morgan fingerprint density at radius 2 is 2.08 bits per heavy atom. The van der Waals surface area contributed by atoms with Crippen molar-refractivity contribution in [2.24, 2.45) is 5.92 Å². The first kappa shape index (κ1) is 17.0. The van der Waals surface area contributed by atoms with Crippen molar-refractivity contribution in [2.75, 3.05) is 37.6 Å². The van der Waals surface area contributed by atoms with Crippen LogP contribution in [0.2, 0.25) is 0 Å². The van der Waals surface area contributed by atoms with Gasteiger partial charge in [0.2, 0.25) is 11.8 Å². The molecule has 0 N–H and O–H groups in total. The number of likely N-dealkylation sites (tertiary alicyclic amines) is 1. The fraction of sp³-hybridized carbons (Fsp3) is 0.444. The molecule has 4 rings (SSSR count). The number of thiazole rings is 1. The number of anilines is 1. The van der Waals surface area contributed by atoms with Crippen molar-refractivity contribution in [2.45, 2.75) is 13.0 Å². The molecule has 8 heteroatoms. The van der Waals surface area contributed by atoms with Crippen LogP contribution in [0.4, 0.5) is 5.13 Å². The van der Waals surface area contributed by atoms with Gasteiger partial charge in [0.15, 0.2) is 5.13 Å². The minimum atomic E-state index is -0.231. The number of hydrogen-bond donors (Lipinski definition) is 0. The fourth-order valence-corrected chi connectivity index (χ4v) is 4.25. The first-order valence-electron chi connectivity index (χ1n) is 8.80. The predicted octanol–water partition coefficient (Wildman–Crippen LogP) is 1.24. The van der Waals surface area contributed by atoms with Crippen molar-refractivity contribution >= 4 is 28.3 Å². The summed E-state index contributed by atoms with van der Waals surface area (Å²) in [5.41, 5.74) is 0.992. The lowest BCUT2D eigenvalue weighted by molar-refractivity contribution is -0.136. The van der Waals surface area contributed by atoms with Gasteiger partial charge in [0.1, 0.15) is 0 Å². The maximum atomic E-state index is 12.8. The third kappa shape index (κ3) is 3.55. The second-order valence-electron chi connectivity index (χ2n) is 6.66. The van der Waals surface area contributed by atoms with Crippen molar-refractivity contribution in [3.63, 3.8) is 0 Å². The fourth-order valence-electron chi connectivity index (χ4n) is 3.55. The SMILES string of the molecule is O=C1C[C@@H](C(=O)N2CCN(c3nccs3)CC2)CN1Cc1cccnc1. The predicted molar refractivity (Wildman–Crippen MR) is 98.7 cm³/mol. The van der Waals surface area contributed by atoms with Gasteiger partial charge in [-0.15, -0.1) is 11.3 Å². The number of rotatable bonds is 4. The van der Waals surface area contributed by atoms with Crippen molar-refractivity contribution in [1.82, 2.24) is 19.8 Å². The zero-order valence-electron chi connectivity index (χ0n) is 14.5. The topological polar surface area (TPSA) is 69.6 Å². The third-order valence-corrected chi connectivity index (χ3v) is 5.77. The number of carbonyl (C=O) groups excluding carboxylic acids is 2. The molecule has 7 nitrogen and oxygen atoms in total. The summed E-state index contributed by atoms with van der Waals surface area (Å²) in [5, 5.41) is 2.98. The van der Waals surface area contributed by atoms with Gasteiger partial charge in [-0.3, -0.25) is 14.6 Å². The Labute approximate surface area is 156 Å². The second kappa shape index (κ2) is 7.41. The Balaban J connectivity index is 1.32. The van der Waals surface area contributed by atoms with Crippen LogP contribution >= 0.6 is 11.3 Å². The van der Waals surface area contributed by atoms with Crippen LogP contribution in [0.15, 0.2) is 36.1 Å². The maximum Gasteiger partial charge on any atom is 0.228 e. The lowest BCUT2D eigenvalue weighted by Crippen LogP contribution is -2.50. The van der Waals surface area contributed by atoms with Crippen LogP contribution in [-0.2, 0) is 16.1 Å². The molecule has 2 saturated heterocycles. The van der Waals surface area contributed by atoms with Crippen molar-refractivity contribution in [3.05, 3.63) is 41.7 Å². The molecular formula is C18H21N5O2S. The summed E-state index contributed by atoms with van der Waals surface area (Å²) in [6.07, 6.45) is 5.59. The molecule has 2 fully saturated rings. The van der Waals surface area contributed by atoms with Crippen LogP contribution in [0.5, 0.6) is 0 Å². The highest BCUT2D eigenvalue weighted by Crippen LogP contribution is 2.24. The van der Waals surface area contributed by atoms with Crippen LogP contribution in [0, 0.1) is 5.92 Å². The van der Waals surface area contributed by atoms with Crippen LogP contribution in [0.1, 0.15) is 12.0 Å². The molecule has 0 bridgehead atoms. The summed E-state index contributed by atoms with van der Waals surface area (Å²) in [6.45, 7) is 3.98. The maximum absolute atomic E-state index is 12.8. The number of aromatic nitrogens is 2. The molecule has 0 spiro atoms. The summed E-state index contributed by atoms with van der Waals surface area (Å²) in [5.74, 6) is -0.0787. The smallest absolute Gasteiger partial charge is 0.228 e. The zero-order valence-corrected chi connectivity index (χ0v) is 15.3. The van der Waals surface area contributed by atoms with E-state index in [1.165, 1.54) is 0 Å². The summed E-state index contributed by atoms with van der Waals surface area (Å²) < 4.78 is 0. The van der Waals surface area contributed by atoms with Crippen LogP contribution in [0.25, 0.3) is 0 Å². The van der Waals surface area contributed by atoms with E-state index in [4.69, 9.17) is 0 Å². The quantitative estimate of drug-likeness (QED) is 0.809. The van der Waals surface area contributed by atoms with Crippen LogP contribution in [0.3, 0.4) is 0 Å². The van der Waals surface area contributed by atoms with E-state index in [1.807, 2.05) is 22.4 Å². The molecule has 0 saturated carbocycles. The Morgan fingerprint density at radius 3 is 2.77 bits per heavy atom. The molecule has 2 amide bonds. The van der Waals surface area contributed by atoms with Crippen LogP contribution < -0.4 is 4.90 Å². The van der Waals surface area contributed by atoms with Gasteiger partial charge < -0.3 is 14.7 Å². The molecule has 1 atom stereocenters. The van der Waals surface area contributed by atoms with E-state index >= 15 is 0 Å². The highest BCUT2D eigenvalue weighted by atomic mass is 32.1. The first-order chi connectivity index (χ1) is 12.7. The van der Waals surface area contributed by atoms with Gasteiger partial charge in [-0.25, -0.2) is 4.98 Å². The third-order valence-electron chi connectivity index (χ3n) is 4.94. The van der Waals surface area contributed by atoms with Gasteiger partial charge in [-0.2, -0.15) is 0 Å². The molecule has 0 unspecified atom stereocenters. The van der Waals surface area contributed by atoms with Gasteiger partial charge in [-0.1, -0.05) is 6.07 Å². The van der Waals surface area contributed by atoms with Crippen molar-refractivity contribution in [1.29, 1.82) is 0 Å². The van der Waals surface area contributed by atoms with Gasteiger partial charge >= 0.3 is 0 Å². The highest BCUT2D eigenvalue weighted by Gasteiger charge is 2.37. The zero-order chi connectivity index (χ0) is 17.9. The minimum absolute atomic E-state index is 0.0497. The standard InChI is InChI=1S/C18H21N5O2S/c24-16-10-15(13-23(16)12-14-2-1-3-19-11-14)17(25)21-5-7-22(8-6-21)18-20-4-9-26-18/h1-4,9,11,15H,5-8,10,12-13H2/t15-/m1/s1. The van der Waals surface area contributed by atoms with E-state index in [1.54, 1.807) is 34.8 Å². The molecule has 4 heterocycles. The largest absolute Gasteiger partial charge is 0.345 e. The lowest BCUT2D eigenvalue weighted by Gasteiger charge is -2.35. The van der Waals surface area contributed by atoms with Gasteiger partial charge in [0, 0.05) is 69.7 Å². The Bertz CT molecular complexity index is 759. The minimum Gasteiger partial charge on any atom is -0.345 e. The van der Waals surface area contributed by atoms with E-state index in [2.05, 4.69) is 14.9 Å². The first-order valence-corrected chi connectivity index (χ1v) is 9.68. The van der Waals surface area contributed by atoms with Crippen LogP contribution in [-0.4, -0.2) is 64.3 Å². The van der Waals surface area contributed by atoms with Gasteiger partial charge in [0.05, 0.1) is 5.92 Å². The molecule has 0 aliphatic carbocycles. The van der Waals surface area contributed by atoms with E-state index in [0.29, 0.717) is 32.6 Å². The average Bonchev–Trinajstić information content (AvgIpc) is 3.33. The van der Waals surface area contributed by atoms with Crippen molar-refractivity contribution < 1.29 is 9.59 Å². The number of pyridine rings is 1. The Morgan fingerprint density at radius 1 is 1.23 bits per heavy atom. The van der Waals surface area contributed by atoms with Crippen molar-refractivity contribution in [3.8, 4) is 0 Å². The monoisotopic (exact) mass is 371 g/mol. The highest BCUT2D eigenvalue weighted by molar-refractivity contribution is 7.13. The van der Waals surface area contributed by atoms with E-state index < -0.39 is 0 Å². The van der Waals surface area contributed by atoms with Gasteiger partial charge in [-0.05, 0) is 11.6 Å². The Kier molecular flexibility index (Phi) is 4.83. The van der Waals surface area contributed by atoms with Gasteiger partial charge in [0.25, 0.3) is 0 Å². The molecule has 2 aliphatic heterocycles. The molecule has 0 aromatic carbocycles. The Hall–Kier alpha value is -2.48. The summed E-state index contributed by atoms with van der Waals surface area (Å²) >= 11 is 1.62. The molecule has 136 valence electrons. The number of piperazine rings is 1. The molecule has 2 aromatic heterocycles. The number of nitrogens with zero attached hydrogens (tertiary/aromatic N) is 5. The normalized spacial score (nSPS) is 20.7.